The zero-order valence-corrected chi connectivity index (χ0v) is 21.7. The molecule has 0 radical (unpaired) electrons. The van der Waals surface area contributed by atoms with E-state index < -0.39 is 37.7 Å². The highest BCUT2D eigenvalue weighted by atomic mass is 32.2. The number of likely N-dealkylation sites (N-methyl/N-ethyl adjacent to an activating group) is 1. The van der Waals surface area contributed by atoms with Gasteiger partial charge in [-0.3, -0.25) is 14.6 Å². The zero-order chi connectivity index (χ0) is 28.0. The predicted molar refractivity (Wildman–Crippen MR) is 130 cm³/mol. The quantitative estimate of drug-likeness (QED) is 0.523. The molecule has 2 fully saturated rings. The lowest BCUT2D eigenvalue weighted by Gasteiger charge is -2.32. The van der Waals surface area contributed by atoms with Crippen LogP contribution in [-0.4, -0.2) is 90.2 Å². The summed E-state index contributed by atoms with van der Waals surface area (Å²) in [5.74, 6) is -0.879. The number of aromatic nitrogens is 1. The number of sulfone groups is 1. The summed E-state index contributed by atoms with van der Waals surface area (Å²) in [5, 5.41) is 0. The van der Waals surface area contributed by atoms with E-state index in [2.05, 4.69) is 9.88 Å². The maximum atomic E-state index is 13.3. The van der Waals surface area contributed by atoms with Gasteiger partial charge < -0.3 is 14.7 Å². The largest absolute Gasteiger partial charge is 0.501 e. The van der Waals surface area contributed by atoms with E-state index in [9.17, 15) is 36.0 Å². The average molecular weight is 554 g/mol. The molecule has 2 aliphatic heterocycles. The number of piperazine rings is 1. The number of amides is 4. The second-order valence-corrected chi connectivity index (χ2v) is 11.6. The SMILES string of the molecule is CN1CCN(C(=O)c2cc(CN3C(=O)N(c4ccc(S(=O)(=O)C(F)(F)F)cc4)C(=O)C3(C)C)ccn2)CC1. The first-order chi connectivity index (χ1) is 17.6. The fourth-order valence-corrected chi connectivity index (χ4v) is 5.04. The Bertz CT molecular complexity index is 1370. The van der Waals surface area contributed by atoms with E-state index in [1.807, 2.05) is 7.05 Å². The molecule has 0 spiro atoms. The molecule has 4 rings (SSSR count). The topological polar surface area (TPSA) is 111 Å². The summed E-state index contributed by atoms with van der Waals surface area (Å²) in [6, 6.07) is 5.80. The Kier molecular flexibility index (Phi) is 6.99. The van der Waals surface area contributed by atoms with E-state index >= 15 is 0 Å². The molecule has 38 heavy (non-hydrogen) atoms. The highest BCUT2D eigenvalue weighted by Crippen LogP contribution is 2.35. The van der Waals surface area contributed by atoms with Crippen molar-refractivity contribution in [3.8, 4) is 0 Å². The summed E-state index contributed by atoms with van der Waals surface area (Å²) in [4.78, 5) is 48.5. The highest BCUT2D eigenvalue weighted by molar-refractivity contribution is 7.92. The Labute approximate surface area is 217 Å². The minimum atomic E-state index is -5.58. The van der Waals surface area contributed by atoms with Crippen molar-refractivity contribution in [2.24, 2.45) is 0 Å². The fourth-order valence-electron chi connectivity index (χ4n) is 4.28. The molecule has 1 aromatic carbocycles. The minimum Gasteiger partial charge on any atom is -0.335 e. The minimum absolute atomic E-state index is 0.0415. The number of hydrogen-bond donors (Lipinski definition) is 0. The van der Waals surface area contributed by atoms with Crippen LogP contribution in [-0.2, 0) is 21.2 Å². The molecule has 10 nitrogen and oxygen atoms in total. The van der Waals surface area contributed by atoms with E-state index in [1.54, 1.807) is 17.0 Å². The molecular formula is C24H26F3N5O5S. The third-order valence-electron chi connectivity index (χ3n) is 6.71. The lowest BCUT2D eigenvalue weighted by atomic mass is 10.0. The van der Waals surface area contributed by atoms with E-state index in [-0.39, 0.29) is 23.8 Å². The lowest BCUT2D eigenvalue weighted by molar-refractivity contribution is -0.123. The third-order valence-corrected chi connectivity index (χ3v) is 8.21. The lowest BCUT2D eigenvalue weighted by Crippen LogP contribution is -2.47. The molecule has 3 heterocycles. The Morgan fingerprint density at radius 1 is 1.03 bits per heavy atom. The summed E-state index contributed by atoms with van der Waals surface area (Å²) in [6.07, 6.45) is 1.45. The zero-order valence-electron chi connectivity index (χ0n) is 20.9. The van der Waals surface area contributed by atoms with Crippen molar-refractivity contribution in [2.45, 2.75) is 36.3 Å². The number of carbonyl (C=O) groups is 3. The summed E-state index contributed by atoms with van der Waals surface area (Å²) < 4.78 is 61.9. The van der Waals surface area contributed by atoms with Crippen LogP contribution in [0.15, 0.2) is 47.5 Å². The van der Waals surface area contributed by atoms with Crippen LogP contribution in [0.3, 0.4) is 0 Å². The van der Waals surface area contributed by atoms with Crippen LogP contribution in [0.5, 0.6) is 0 Å². The third kappa shape index (κ3) is 4.85. The molecule has 0 aliphatic carbocycles. The number of hydrogen-bond acceptors (Lipinski definition) is 7. The molecule has 0 saturated carbocycles. The summed E-state index contributed by atoms with van der Waals surface area (Å²) in [5.41, 5.74) is -6.13. The standard InChI is InChI=1S/C24H26F3N5O5S/c1-23(2)21(34)32(17-4-6-18(7-5-17)38(36,37)24(25,26)27)22(35)31(23)15-16-8-9-28-19(14-16)20(33)30-12-10-29(3)11-13-30/h4-9,14H,10-13,15H2,1-3H3. The number of imide groups is 1. The normalized spacial score (nSPS) is 18.8. The van der Waals surface area contributed by atoms with Crippen LogP contribution >= 0.6 is 0 Å². The Balaban J connectivity index is 1.56. The summed E-state index contributed by atoms with van der Waals surface area (Å²) in [6.45, 7) is 5.60. The Morgan fingerprint density at radius 2 is 1.63 bits per heavy atom. The van der Waals surface area contributed by atoms with Gasteiger partial charge in [-0.05, 0) is 62.9 Å². The van der Waals surface area contributed by atoms with Gasteiger partial charge in [-0.15, -0.1) is 0 Å². The molecule has 2 aromatic rings. The van der Waals surface area contributed by atoms with Crippen molar-refractivity contribution < 1.29 is 36.0 Å². The molecule has 14 heteroatoms. The Hall–Kier alpha value is -3.52. The van der Waals surface area contributed by atoms with Crippen molar-refractivity contribution in [1.82, 2.24) is 19.7 Å². The van der Waals surface area contributed by atoms with Crippen LogP contribution in [0.4, 0.5) is 23.7 Å². The molecule has 2 saturated heterocycles. The molecule has 0 unspecified atom stereocenters. The second kappa shape index (κ2) is 9.66. The van der Waals surface area contributed by atoms with E-state index in [4.69, 9.17) is 0 Å². The molecular weight excluding hydrogens is 527 g/mol. The van der Waals surface area contributed by atoms with Crippen molar-refractivity contribution in [3.63, 3.8) is 0 Å². The fraction of sp³-hybridized carbons (Fsp3) is 0.417. The van der Waals surface area contributed by atoms with Gasteiger partial charge in [0.1, 0.15) is 11.2 Å². The van der Waals surface area contributed by atoms with Crippen molar-refractivity contribution in [1.29, 1.82) is 0 Å². The first-order valence-corrected chi connectivity index (χ1v) is 13.1. The van der Waals surface area contributed by atoms with Crippen LogP contribution in [0, 0.1) is 0 Å². The molecule has 0 bridgehead atoms. The molecule has 2 aliphatic rings. The smallest absolute Gasteiger partial charge is 0.335 e. The Morgan fingerprint density at radius 3 is 2.21 bits per heavy atom. The van der Waals surface area contributed by atoms with E-state index in [0.29, 0.717) is 30.8 Å². The number of pyridine rings is 1. The van der Waals surface area contributed by atoms with Crippen LogP contribution in [0.1, 0.15) is 29.9 Å². The first kappa shape index (κ1) is 27.5. The number of nitrogens with zero attached hydrogens (tertiary/aromatic N) is 5. The van der Waals surface area contributed by atoms with E-state index in [0.717, 1.165) is 30.1 Å². The summed E-state index contributed by atoms with van der Waals surface area (Å²) in [7, 11) is -3.61. The van der Waals surface area contributed by atoms with Crippen molar-refractivity contribution >= 4 is 33.4 Å². The summed E-state index contributed by atoms with van der Waals surface area (Å²) >= 11 is 0. The van der Waals surface area contributed by atoms with Crippen molar-refractivity contribution in [3.05, 3.63) is 53.9 Å². The monoisotopic (exact) mass is 553 g/mol. The van der Waals surface area contributed by atoms with Crippen molar-refractivity contribution in [2.75, 3.05) is 38.1 Å². The predicted octanol–water partition coefficient (Wildman–Crippen LogP) is 2.51. The van der Waals surface area contributed by atoms with Gasteiger partial charge in [-0.25, -0.2) is 18.1 Å². The molecule has 0 N–H and O–H groups in total. The maximum absolute atomic E-state index is 13.3. The molecule has 4 amide bonds. The molecule has 0 atom stereocenters. The van der Waals surface area contributed by atoms with Gasteiger partial charge in [0, 0.05) is 38.9 Å². The first-order valence-electron chi connectivity index (χ1n) is 11.6. The highest BCUT2D eigenvalue weighted by Gasteiger charge is 2.52. The maximum Gasteiger partial charge on any atom is 0.501 e. The van der Waals surface area contributed by atoms with Gasteiger partial charge in [0.2, 0.25) is 0 Å². The van der Waals surface area contributed by atoms with Crippen LogP contribution in [0.2, 0.25) is 0 Å². The number of halogens is 3. The van der Waals surface area contributed by atoms with Crippen LogP contribution < -0.4 is 4.90 Å². The number of alkyl halides is 3. The van der Waals surface area contributed by atoms with Gasteiger partial charge in [0.15, 0.2) is 0 Å². The molecule has 204 valence electrons. The number of anilines is 1. The van der Waals surface area contributed by atoms with Gasteiger partial charge in [-0.1, -0.05) is 0 Å². The van der Waals surface area contributed by atoms with Crippen LogP contribution in [0.25, 0.3) is 0 Å². The second-order valence-electron chi connectivity index (χ2n) is 9.66. The number of rotatable bonds is 5. The van der Waals surface area contributed by atoms with E-state index in [1.165, 1.54) is 24.9 Å². The molecule has 1 aromatic heterocycles. The average Bonchev–Trinajstić information content (AvgIpc) is 3.03. The number of carbonyl (C=O) groups excluding carboxylic acids is 3. The van der Waals surface area contributed by atoms with Gasteiger partial charge >= 0.3 is 11.5 Å². The van der Waals surface area contributed by atoms with Gasteiger partial charge in [0.05, 0.1) is 10.6 Å². The van der Waals surface area contributed by atoms with Gasteiger partial charge in [-0.2, -0.15) is 13.2 Å². The van der Waals surface area contributed by atoms with Gasteiger partial charge in [0.25, 0.3) is 21.7 Å². The number of urea groups is 1. The number of benzene rings is 1.